The average Bonchev–Trinajstić information content (AvgIpc) is 2.13. The van der Waals surface area contributed by atoms with Crippen molar-refractivity contribution in [3.05, 3.63) is 0 Å². The lowest BCUT2D eigenvalue weighted by molar-refractivity contribution is -0.658. The van der Waals surface area contributed by atoms with Crippen molar-refractivity contribution in [2.24, 2.45) is 28.9 Å². The van der Waals surface area contributed by atoms with Gasteiger partial charge in [0.2, 0.25) is 0 Å². The molecule has 17 heavy (non-hydrogen) atoms. The highest BCUT2D eigenvalue weighted by Gasteiger charge is 2.51. The summed E-state index contributed by atoms with van der Waals surface area (Å²) in [5.41, 5.74) is 5.77. The highest BCUT2D eigenvalue weighted by Crippen LogP contribution is 2.59. The van der Waals surface area contributed by atoms with Gasteiger partial charge in [0.15, 0.2) is 6.54 Å². The quantitative estimate of drug-likeness (QED) is 0.565. The van der Waals surface area contributed by atoms with Gasteiger partial charge in [0.05, 0.1) is 6.54 Å². The molecule has 4 rings (SSSR count). The zero-order valence-corrected chi connectivity index (χ0v) is 11.1. The van der Waals surface area contributed by atoms with Crippen LogP contribution in [0.15, 0.2) is 0 Å². The number of halogens is 1. The molecule has 0 saturated heterocycles. The third-order valence-electron chi connectivity index (χ3n) is 5.09. The van der Waals surface area contributed by atoms with Crippen LogP contribution in [0.4, 0.5) is 0 Å². The first kappa shape index (κ1) is 13.2. The minimum atomic E-state index is -0.176. The van der Waals surface area contributed by atoms with Crippen LogP contribution in [-0.2, 0) is 4.79 Å². The lowest BCUT2D eigenvalue weighted by Crippen LogP contribution is -3.00. The lowest BCUT2D eigenvalue weighted by atomic mass is 9.49. The Labute approximate surface area is 109 Å². The highest BCUT2D eigenvalue weighted by atomic mass is 35.5. The Morgan fingerprint density at radius 1 is 1.12 bits per heavy atom. The summed E-state index contributed by atoms with van der Waals surface area (Å²) < 4.78 is 0. The summed E-state index contributed by atoms with van der Waals surface area (Å²) in [6.07, 6.45) is 8.76. The Bertz CT molecular complexity index is 271. The van der Waals surface area contributed by atoms with Crippen molar-refractivity contribution in [1.29, 1.82) is 0 Å². The van der Waals surface area contributed by atoms with E-state index in [0.717, 1.165) is 24.3 Å². The van der Waals surface area contributed by atoms with Crippen molar-refractivity contribution in [2.45, 2.75) is 38.5 Å². The summed E-state index contributed by atoms with van der Waals surface area (Å²) in [6.45, 7) is 1.61. The van der Waals surface area contributed by atoms with Gasteiger partial charge < -0.3 is 23.5 Å². The largest absolute Gasteiger partial charge is 1.00 e. The Hall–Kier alpha value is -0.280. The van der Waals surface area contributed by atoms with E-state index < -0.39 is 0 Å². The van der Waals surface area contributed by atoms with Crippen LogP contribution < -0.4 is 23.5 Å². The maximum absolute atomic E-state index is 10.8. The van der Waals surface area contributed by atoms with Gasteiger partial charge in [-0.15, -0.1) is 0 Å². The van der Waals surface area contributed by atoms with Crippen molar-refractivity contribution < 1.29 is 22.5 Å². The SMILES string of the molecule is NC(=O)C[NH2+]CC12CC3CC(CC(C3)C1)C2.[Cl-]. The maximum Gasteiger partial charge on any atom is 0.272 e. The van der Waals surface area contributed by atoms with E-state index in [9.17, 15) is 4.79 Å². The van der Waals surface area contributed by atoms with Crippen LogP contribution in [0.3, 0.4) is 0 Å². The molecule has 98 valence electrons. The van der Waals surface area contributed by atoms with E-state index >= 15 is 0 Å². The fourth-order valence-electron chi connectivity index (χ4n) is 5.06. The average molecular weight is 259 g/mol. The van der Waals surface area contributed by atoms with Gasteiger partial charge in [-0.25, -0.2) is 0 Å². The van der Waals surface area contributed by atoms with E-state index in [-0.39, 0.29) is 18.3 Å². The molecule has 4 bridgehead atoms. The lowest BCUT2D eigenvalue weighted by Gasteiger charge is -2.55. The fourth-order valence-corrected chi connectivity index (χ4v) is 5.06. The van der Waals surface area contributed by atoms with E-state index in [1.807, 2.05) is 0 Å². The molecule has 4 saturated carbocycles. The van der Waals surface area contributed by atoms with Crippen molar-refractivity contribution in [3.63, 3.8) is 0 Å². The molecule has 0 unspecified atom stereocenters. The van der Waals surface area contributed by atoms with E-state index in [0.29, 0.717) is 12.0 Å². The van der Waals surface area contributed by atoms with Crippen molar-refractivity contribution in [2.75, 3.05) is 13.1 Å². The van der Waals surface area contributed by atoms with E-state index in [4.69, 9.17) is 5.73 Å². The highest BCUT2D eigenvalue weighted by molar-refractivity contribution is 5.74. The van der Waals surface area contributed by atoms with Crippen LogP contribution in [0, 0.1) is 23.2 Å². The first-order chi connectivity index (χ1) is 7.65. The predicted octanol–water partition coefficient (Wildman–Crippen LogP) is -2.74. The minimum absolute atomic E-state index is 0. The van der Waals surface area contributed by atoms with Gasteiger partial charge in [-0.05, 0) is 56.3 Å². The number of carbonyl (C=O) groups is 1. The van der Waals surface area contributed by atoms with Gasteiger partial charge in [0, 0.05) is 5.41 Å². The van der Waals surface area contributed by atoms with Gasteiger partial charge in [-0.2, -0.15) is 0 Å². The summed E-state index contributed by atoms with van der Waals surface area (Å²) >= 11 is 0. The summed E-state index contributed by atoms with van der Waals surface area (Å²) in [6, 6.07) is 0. The smallest absolute Gasteiger partial charge is 0.272 e. The number of nitrogens with two attached hydrogens (primary N) is 2. The minimum Gasteiger partial charge on any atom is -1.00 e. The summed E-state index contributed by atoms with van der Waals surface area (Å²) in [5.74, 6) is 2.85. The van der Waals surface area contributed by atoms with Gasteiger partial charge in [-0.3, -0.25) is 4.79 Å². The van der Waals surface area contributed by atoms with Crippen molar-refractivity contribution in [1.82, 2.24) is 0 Å². The van der Waals surface area contributed by atoms with Crippen molar-refractivity contribution >= 4 is 5.91 Å². The Morgan fingerprint density at radius 3 is 2.00 bits per heavy atom. The number of carbonyl (C=O) groups excluding carboxylic acids is 1. The number of hydrogen-bond acceptors (Lipinski definition) is 1. The van der Waals surface area contributed by atoms with Crippen LogP contribution >= 0.6 is 0 Å². The topological polar surface area (TPSA) is 59.7 Å². The Morgan fingerprint density at radius 2 is 1.59 bits per heavy atom. The van der Waals surface area contributed by atoms with Gasteiger partial charge in [0.1, 0.15) is 0 Å². The zero-order chi connectivity index (χ0) is 11.2. The molecule has 4 aliphatic rings. The van der Waals surface area contributed by atoms with Crippen LogP contribution in [-0.4, -0.2) is 19.0 Å². The molecule has 0 spiro atoms. The molecule has 4 N–H and O–H groups in total. The number of amides is 1. The zero-order valence-electron chi connectivity index (χ0n) is 10.3. The number of quaternary nitrogens is 1. The van der Waals surface area contributed by atoms with Crippen LogP contribution in [0.1, 0.15) is 38.5 Å². The van der Waals surface area contributed by atoms with Gasteiger partial charge in [-0.1, -0.05) is 0 Å². The standard InChI is InChI=1S/C13H22N2O.ClH/c14-12(16)7-15-8-13-4-9-1-10(5-13)3-11(2-9)6-13;/h9-11,15H,1-8H2,(H2,14,16);1H. The second-order valence-electron chi connectivity index (χ2n) is 6.58. The van der Waals surface area contributed by atoms with E-state index in [1.54, 1.807) is 0 Å². The first-order valence-corrected chi connectivity index (χ1v) is 6.75. The van der Waals surface area contributed by atoms with E-state index in [2.05, 4.69) is 5.32 Å². The molecule has 0 aromatic rings. The summed E-state index contributed by atoms with van der Waals surface area (Å²) in [5, 5.41) is 2.15. The van der Waals surface area contributed by atoms with Crippen LogP contribution in [0.25, 0.3) is 0 Å². The second-order valence-corrected chi connectivity index (χ2v) is 6.58. The molecule has 0 aliphatic heterocycles. The number of hydrogen-bond donors (Lipinski definition) is 2. The van der Waals surface area contributed by atoms with Gasteiger partial charge in [0.25, 0.3) is 5.91 Å². The van der Waals surface area contributed by atoms with Crippen LogP contribution in [0.2, 0.25) is 0 Å². The second kappa shape index (κ2) is 4.77. The summed E-state index contributed by atoms with van der Waals surface area (Å²) in [4.78, 5) is 10.8. The third-order valence-corrected chi connectivity index (χ3v) is 5.09. The molecular weight excluding hydrogens is 236 g/mol. The number of primary amides is 1. The molecule has 0 aromatic heterocycles. The van der Waals surface area contributed by atoms with Crippen molar-refractivity contribution in [3.8, 4) is 0 Å². The first-order valence-electron chi connectivity index (χ1n) is 6.75. The molecule has 4 heteroatoms. The predicted molar refractivity (Wildman–Crippen MR) is 61.5 cm³/mol. The molecule has 3 nitrogen and oxygen atoms in total. The van der Waals surface area contributed by atoms with Gasteiger partial charge >= 0.3 is 0 Å². The maximum atomic E-state index is 10.8. The van der Waals surface area contributed by atoms with E-state index in [1.165, 1.54) is 38.5 Å². The molecule has 0 radical (unpaired) electrons. The molecule has 1 amide bonds. The monoisotopic (exact) mass is 258 g/mol. The normalized spacial score (nSPS) is 42.2. The molecule has 4 aliphatic carbocycles. The molecule has 0 atom stereocenters. The molecule has 4 fully saturated rings. The number of rotatable bonds is 4. The fraction of sp³-hybridized carbons (Fsp3) is 0.923. The van der Waals surface area contributed by atoms with Crippen LogP contribution in [0.5, 0.6) is 0 Å². The Balaban J connectivity index is 0.00000108. The molecular formula is C13H23ClN2O. The Kier molecular flexibility index (Phi) is 3.69. The molecule has 0 aromatic carbocycles. The molecule has 0 heterocycles. The third kappa shape index (κ3) is 2.60. The summed E-state index contributed by atoms with van der Waals surface area (Å²) in [7, 11) is 0.